The van der Waals surface area contributed by atoms with E-state index in [2.05, 4.69) is 57.6 Å². The van der Waals surface area contributed by atoms with Gasteiger partial charge in [-0.25, -0.2) is 0 Å². The van der Waals surface area contributed by atoms with Crippen molar-refractivity contribution in [1.82, 2.24) is 5.32 Å². The highest BCUT2D eigenvalue weighted by molar-refractivity contribution is 5.92. The number of likely N-dealkylation sites (N-methyl/N-ethyl adjacent to an activating group) is 1. The largest absolute Gasteiger partial charge is 0.358 e. The zero-order valence-electron chi connectivity index (χ0n) is 15.4. The van der Waals surface area contributed by atoms with Crippen LogP contribution >= 0.6 is 0 Å². The summed E-state index contributed by atoms with van der Waals surface area (Å²) in [5.41, 5.74) is 1.38. The third-order valence-corrected chi connectivity index (χ3v) is 5.07. The maximum atomic E-state index is 13.2. The Balaban J connectivity index is 2.68. The molecule has 1 N–H and O–H groups in total. The Kier molecular flexibility index (Phi) is 5.45. The van der Waals surface area contributed by atoms with Crippen LogP contribution in [0.5, 0.6) is 0 Å². The summed E-state index contributed by atoms with van der Waals surface area (Å²) in [5.74, 6) is 0.0419. The normalized spacial score (nSPS) is 13.4. The second-order valence-corrected chi connectivity index (χ2v) is 7.39. The molecule has 0 spiro atoms. The van der Waals surface area contributed by atoms with Crippen LogP contribution in [-0.2, 0) is 10.2 Å². The number of benzene rings is 2. The highest BCUT2D eigenvalue weighted by Crippen LogP contribution is 2.38. The summed E-state index contributed by atoms with van der Waals surface area (Å²) in [6.07, 6.45) is 0.740. The van der Waals surface area contributed by atoms with Crippen LogP contribution in [0.15, 0.2) is 60.7 Å². The Morgan fingerprint density at radius 2 is 1.38 bits per heavy atom. The molecule has 0 fully saturated rings. The first kappa shape index (κ1) is 18.2. The lowest BCUT2D eigenvalue weighted by Crippen LogP contribution is -2.52. The molecule has 0 saturated heterocycles. The Morgan fingerprint density at radius 1 is 0.958 bits per heavy atom. The Hall–Kier alpha value is -2.13. The molecular formula is C21H29N2O+. The summed E-state index contributed by atoms with van der Waals surface area (Å²) in [7, 11) is 8.25. The summed E-state index contributed by atoms with van der Waals surface area (Å²) >= 11 is 0. The standard InChI is InChI=1S/C21H28N2O/c1-17(23(3,4)5)16-21(20(24)22-2,18-12-8-6-9-13-18)19-14-10-7-11-15-19/h6-15,17H,16H2,1-5H3/p+1/t17-/m0/s1. The van der Waals surface area contributed by atoms with Gasteiger partial charge in [0, 0.05) is 13.5 Å². The fourth-order valence-electron chi connectivity index (χ4n) is 3.13. The number of quaternary nitrogens is 1. The predicted molar refractivity (Wildman–Crippen MR) is 99.8 cm³/mol. The first-order valence-corrected chi connectivity index (χ1v) is 8.46. The van der Waals surface area contributed by atoms with Gasteiger partial charge in [-0.05, 0) is 18.1 Å². The monoisotopic (exact) mass is 325 g/mol. The van der Waals surface area contributed by atoms with Crippen LogP contribution in [0, 0.1) is 0 Å². The van der Waals surface area contributed by atoms with Crippen LogP contribution in [0.4, 0.5) is 0 Å². The molecule has 128 valence electrons. The van der Waals surface area contributed by atoms with Gasteiger partial charge in [-0.15, -0.1) is 0 Å². The van der Waals surface area contributed by atoms with Crippen molar-refractivity contribution in [1.29, 1.82) is 0 Å². The minimum Gasteiger partial charge on any atom is -0.358 e. The minimum atomic E-state index is -0.692. The molecule has 1 amide bonds. The first-order chi connectivity index (χ1) is 11.3. The summed E-state index contributed by atoms with van der Waals surface area (Å²) in [6, 6.07) is 20.6. The topological polar surface area (TPSA) is 29.1 Å². The number of hydrogen-bond donors (Lipinski definition) is 1. The number of hydrogen-bond acceptors (Lipinski definition) is 1. The fourth-order valence-corrected chi connectivity index (χ4v) is 3.13. The van der Waals surface area contributed by atoms with Crippen molar-refractivity contribution in [2.24, 2.45) is 0 Å². The van der Waals surface area contributed by atoms with Gasteiger partial charge in [-0.2, -0.15) is 0 Å². The summed E-state index contributed by atoms with van der Waals surface area (Å²) < 4.78 is 0.804. The van der Waals surface area contributed by atoms with E-state index in [0.29, 0.717) is 6.04 Å². The maximum Gasteiger partial charge on any atom is 0.235 e. The Bertz CT molecular complexity index is 620. The molecule has 0 aliphatic carbocycles. The molecule has 0 saturated carbocycles. The molecule has 2 aromatic rings. The van der Waals surface area contributed by atoms with Gasteiger partial charge in [-0.1, -0.05) is 60.7 Å². The highest BCUT2D eigenvalue weighted by atomic mass is 16.2. The van der Waals surface area contributed by atoms with E-state index in [9.17, 15) is 4.79 Å². The van der Waals surface area contributed by atoms with Crippen LogP contribution < -0.4 is 5.32 Å². The lowest BCUT2D eigenvalue weighted by atomic mass is 9.69. The lowest BCUT2D eigenvalue weighted by Gasteiger charge is -2.40. The van der Waals surface area contributed by atoms with Crippen molar-refractivity contribution in [2.45, 2.75) is 24.8 Å². The summed E-state index contributed by atoms with van der Waals surface area (Å²) in [6.45, 7) is 2.21. The Labute approximate surface area is 145 Å². The number of carbonyl (C=O) groups excluding carboxylic acids is 1. The van der Waals surface area contributed by atoms with Gasteiger partial charge in [0.05, 0.1) is 27.2 Å². The molecule has 0 unspecified atom stereocenters. The van der Waals surface area contributed by atoms with E-state index in [1.54, 1.807) is 7.05 Å². The van der Waals surface area contributed by atoms with Crippen molar-refractivity contribution in [3.05, 3.63) is 71.8 Å². The zero-order chi connectivity index (χ0) is 17.8. The quantitative estimate of drug-likeness (QED) is 0.812. The summed E-state index contributed by atoms with van der Waals surface area (Å²) in [5, 5.41) is 2.91. The van der Waals surface area contributed by atoms with Crippen LogP contribution in [-0.4, -0.2) is 44.6 Å². The molecule has 0 aliphatic heterocycles. The molecule has 0 radical (unpaired) electrons. The average Bonchev–Trinajstić information content (AvgIpc) is 2.59. The molecule has 3 heteroatoms. The van der Waals surface area contributed by atoms with Gasteiger partial charge >= 0.3 is 0 Å². The van der Waals surface area contributed by atoms with E-state index < -0.39 is 5.41 Å². The minimum absolute atomic E-state index is 0.0419. The highest BCUT2D eigenvalue weighted by Gasteiger charge is 2.44. The van der Waals surface area contributed by atoms with Crippen LogP contribution in [0.1, 0.15) is 24.5 Å². The van der Waals surface area contributed by atoms with E-state index in [1.165, 1.54) is 0 Å². The van der Waals surface area contributed by atoms with Crippen LogP contribution in [0.2, 0.25) is 0 Å². The molecule has 0 aliphatic rings. The zero-order valence-corrected chi connectivity index (χ0v) is 15.4. The van der Waals surface area contributed by atoms with Crippen molar-refractivity contribution < 1.29 is 9.28 Å². The molecule has 0 heterocycles. The van der Waals surface area contributed by atoms with Gasteiger partial charge < -0.3 is 9.80 Å². The van der Waals surface area contributed by atoms with Crippen LogP contribution in [0.3, 0.4) is 0 Å². The average molecular weight is 325 g/mol. The molecule has 0 bridgehead atoms. The second kappa shape index (κ2) is 7.18. The fraction of sp³-hybridized carbons (Fsp3) is 0.381. The second-order valence-electron chi connectivity index (χ2n) is 7.39. The predicted octanol–water partition coefficient (Wildman–Crippen LogP) is 3.20. The van der Waals surface area contributed by atoms with E-state index in [4.69, 9.17) is 0 Å². The van der Waals surface area contributed by atoms with Gasteiger partial charge in [0.15, 0.2) is 0 Å². The molecule has 2 rings (SSSR count). The van der Waals surface area contributed by atoms with Crippen molar-refractivity contribution >= 4 is 5.91 Å². The number of nitrogens with zero attached hydrogens (tertiary/aromatic N) is 1. The van der Waals surface area contributed by atoms with Crippen molar-refractivity contribution in [3.8, 4) is 0 Å². The van der Waals surface area contributed by atoms with Crippen molar-refractivity contribution in [3.63, 3.8) is 0 Å². The molecule has 1 atom stereocenters. The first-order valence-electron chi connectivity index (χ1n) is 8.46. The molecule has 0 aromatic heterocycles. The van der Waals surface area contributed by atoms with E-state index >= 15 is 0 Å². The smallest absolute Gasteiger partial charge is 0.235 e. The third-order valence-electron chi connectivity index (χ3n) is 5.07. The van der Waals surface area contributed by atoms with Gasteiger partial charge in [0.25, 0.3) is 0 Å². The van der Waals surface area contributed by atoms with E-state index in [0.717, 1.165) is 22.0 Å². The van der Waals surface area contributed by atoms with Gasteiger partial charge in [-0.3, -0.25) is 4.79 Å². The van der Waals surface area contributed by atoms with Crippen molar-refractivity contribution in [2.75, 3.05) is 28.2 Å². The Morgan fingerprint density at radius 3 is 1.71 bits per heavy atom. The third kappa shape index (κ3) is 3.51. The number of rotatable bonds is 6. The van der Waals surface area contributed by atoms with E-state index in [-0.39, 0.29) is 5.91 Å². The maximum absolute atomic E-state index is 13.2. The molecule has 2 aromatic carbocycles. The van der Waals surface area contributed by atoms with Gasteiger partial charge in [0.2, 0.25) is 5.91 Å². The van der Waals surface area contributed by atoms with Crippen LogP contribution in [0.25, 0.3) is 0 Å². The number of amides is 1. The molecule has 3 nitrogen and oxygen atoms in total. The number of nitrogens with one attached hydrogen (secondary N) is 1. The summed E-state index contributed by atoms with van der Waals surface area (Å²) in [4.78, 5) is 13.2. The van der Waals surface area contributed by atoms with E-state index in [1.807, 2.05) is 36.4 Å². The SMILES string of the molecule is CNC(=O)C(C[C@H](C)[N+](C)(C)C)(c1ccccc1)c1ccccc1. The molecular weight excluding hydrogens is 296 g/mol. The number of carbonyl (C=O) groups is 1. The lowest BCUT2D eigenvalue weighted by molar-refractivity contribution is -0.894. The molecule has 24 heavy (non-hydrogen) atoms. The van der Waals surface area contributed by atoms with Gasteiger partial charge in [0.1, 0.15) is 5.41 Å².